The van der Waals surface area contributed by atoms with E-state index in [1.54, 1.807) is 13.3 Å². The molecule has 2 aromatic carbocycles. The molecule has 1 unspecified atom stereocenters. The number of amides is 1. The van der Waals surface area contributed by atoms with E-state index in [1.807, 2.05) is 30.3 Å². The normalized spacial score (nSPS) is 15.3. The molecule has 28 heavy (non-hydrogen) atoms. The first-order chi connectivity index (χ1) is 13.6. The second kappa shape index (κ2) is 8.19. The predicted molar refractivity (Wildman–Crippen MR) is 110 cm³/mol. The molecule has 4 rings (SSSR count). The van der Waals surface area contributed by atoms with Crippen molar-refractivity contribution in [3.8, 4) is 17.1 Å². The Morgan fingerprint density at radius 1 is 1.29 bits per heavy atom. The predicted octanol–water partition coefficient (Wildman–Crippen LogP) is 4.85. The molecule has 1 aliphatic carbocycles. The number of aryl methyl sites for hydroxylation is 2. The summed E-state index contributed by atoms with van der Waals surface area (Å²) < 4.78 is 12.0. The fraction of sp³-hybridized carbons (Fsp3) is 0.273. The number of oxazole rings is 1. The molecular formula is C22H21BrN2O3. The average Bonchev–Trinajstić information content (AvgIpc) is 3.33. The van der Waals surface area contributed by atoms with Crippen molar-refractivity contribution in [2.24, 2.45) is 0 Å². The highest BCUT2D eigenvalue weighted by atomic mass is 79.9. The maximum atomic E-state index is 12.4. The van der Waals surface area contributed by atoms with Crippen LogP contribution in [0, 0.1) is 0 Å². The number of hydrogen-bond donors (Lipinski definition) is 1. The van der Waals surface area contributed by atoms with Gasteiger partial charge in [0.1, 0.15) is 5.75 Å². The van der Waals surface area contributed by atoms with Crippen molar-refractivity contribution in [3.05, 3.63) is 70.2 Å². The Kier molecular flexibility index (Phi) is 5.48. The summed E-state index contributed by atoms with van der Waals surface area (Å²) in [5, 5.41) is 3.14. The number of rotatable bonds is 6. The number of carbonyl (C=O) groups is 1. The molecular weight excluding hydrogens is 420 g/mol. The third kappa shape index (κ3) is 4.12. The molecule has 0 radical (unpaired) electrons. The molecule has 1 atom stereocenters. The quantitative estimate of drug-likeness (QED) is 0.594. The molecule has 1 amide bonds. The van der Waals surface area contributed by atoms with Gasteiger partial charge in [0.05, 0.1) is 19.3 Å². The number of benzene rings is 2. The van der Waals surface area contributed by atoms with Crippen LogP contribution in [0.15, 0.2) is 57.6 Å². The van der Waals surface area contributed by atoms with Gasteiger partial charge in [-0.2, -0.15) is 0 Å². The first-order valence-electron chi connectivity index (χ1n) is 9.29. The molecule has 1 N–H and O–H groups in total. The third-order valence-corrected chi connectivity index (χ3v) is 5.51. The van der Waals surface area contributed by atoms with Gasteiger partial charge in [-0.1, -0.05) is 22.0 Å². The molecule has 1 aliphatic rings. The van der Waals surface area contributed by atoms with Crippen LogP contribution in [-0.4, -0.2) is 18.0 Å². The summed E-state index contributed by atoms with van der Waals surface area (Å²) in [5.74, 6) is 2.07. The second-order valence-corrected chi connectivity index (χ2v) is 7.76. The fourth-order valence-electron chi connectivity index (χ4n) is 3.54. The smallest absolute Gasteiger partial charge is 0.220 e. The summed E-state index contributed by atoms with van der Waals surface area (Å²) >= 11 is 3.50. The van der Waals surface area contributed by atoms with E-state index in [1.165, 1.54) is 11.1 Å². The Morgan fingerprint density at radius 3 is 2.89 bits per heavy atom. The van der Waals surface area contributed by atoms with Gasteiger partial charge in [0.15, 0.2) is 11.7 Å². The zero-order valence-corrected chi connectivity index (χ0v) is 17.2. The zero-order valence-electron chi connectivity index (χ0n) is 15.6. The minimum atomic E-state index is 0.0185. The van der Waals surface area contributed by atoms with Gasteiger partial charge >= 0.3 is 0 Å². The lowest BCUT2D eigenvalue weighted by Crippen LogP contribution is -2.27. The molecule has 0 saturated heterocycles. The molecule has 144 valence electrons. The number of halogens is 1. The van der Waals surface area contributed by atoms with Crippen LogP contribution in [-0.2, 0) is 17.6 Å². The van der Waals surface area contributed by atoms with E-state index in [0.29, 0.717) is 24.5 Å². The number of aromatic nitrogens is 1. The van der Waals surface area contributed by atoms with Gasteiger partial charge in [-0.3, -0.25) is 4.79 Å². The first-order valence-corrected chi connectivity index (χ1v) is 10.1. The van der Waals surface area contributed by atoms with E-state index in [9.17, 15) is 4.79 Å². The van der Waals surface area contributed by atoms with E-state index < -0.39 is 0 Å². The van der Waals surface area contributed by atoms with Crippen LogP contribution in [0.3, 0.4) is 0 Å². The molecule has 0 spiro atoms. The summed E-state index contributed by atoms with van der Waals surface area (Å²) in [4.78, 5) is 16.7. The summed E-state index contributed by atoms with van der Waals surface area (Å²) in [7, 11) is 1.63. The molecule has 0 aliphatic heterocycles. The standard InChI is InChI=1S/C22H21BrN2O3/c1-27-17-6-2-14(3-7-17)20-13-24-22(28-20)11-10-21(26)25-19-9-4-15-12-16(23)5-8-18(15)19/h2-3,5-8,12-13,19H,4,9-11H2,1H3,(H,25,26). The average molecular weight is 441 g/mol. The lowest BCUT2D eigenvalue weighted by molar-refractivity contribution is -0.121. The number of nitrogens with one attached hydrogen (secondary N) is 1. The molecule has 0 fully saturated rings. The SMILES string of the molecule is COc1ccc(-c2cnc(CCC(=O)NC3CCc4cc(Br)ccc43)o2)cc1. The van der Waals surface area contributed by atoms with Crippen LogP contribution in [0.5, 0.6) is 5.75 Å². The molecule has 0 saturated carbocycles. The van der Waals surface area contributed by atoms with E-state index in [0.717, 1.165) is 28.6 Å². The van der Waals surface area contributed by atoms with Crippen molar-refractivity contribution in [2.75, 3.05) is 7.11 Å². The lowest BCUT2D eigenvalue weighted by Gasteiger charge is -2.14. The van der Waals surface area contributed by atoms with Gasteiger partial charge in [0, 0.05) is 22.9 Å². The minimum absolute atomic E-state index is 0.0185. The van der Waals surface area contributed by atoms with Crippen molar-refractivity contribution in [3.63, 3.8) is 0 Å². The Balaban J connectivity index is 1.33. The van der Waals surface area contributed by atoms with Crippen molar-refractivity contribution in [2.45, 2.75) is 31.7 Å². The van der Waals surface area contributed by atoms with Crippen LogP contribution in [0.25, 0.3) is 11.3 Å². The van der Waals surface area contributed by atoms with Crippen molar-refractivity contribution in [1.82, 2.24) is 10.3 Å². The van der Waals surface area contributed by atoms with Crippen LogP contribution < -0.4 is 10.1 Å². The van der Waals surface area contributed by atoms with Crippen LogP contribution in [0.1, 0.15) is 35.9 Å². The Morgan fingerprint density at radius 2 is 2.11 bits per heavy atom. The second-order valence-electron chi connectivity index (χ2n) is 6.85. The highest BCUT2D eigenvalue weighted by Gasteiger charge is 2.24. The van der Waals surface area contributed by atoms with E-state index in [-0.39, 0.29) is 11.9 Å². The largest absolute Gasteiger partial charge is 0.497 e. The summed E-state index contributed by atoms with van der Waals surface area (Å²) in [6.45, 7) is 0. The van der Waals surface area contributed by atoms with Gasteiger partial charge in [-0.05, 0) is 60.4 Å². The molecule has 6 heteroatoms. The van der Waals surface area contributed by atoms with Crippen molar-refractivity contribution >= 4 is 21.8 Å². The van der Waals surface area contributed by atoms with Gasteiger partial charge in [0.25, 0.3) is 0 Å². The maximum absolute atomic E-state index is 12.4. The van der Waals surface area contributed by atoms with Gasteiger partial charge in [0.2, 0.25) is 5.91 Å². The molecule has 0 bridgehead atoms. The number of ether oxygens (including phenoxy) is 1. The zero-order chi connectivity index (χ0) is 19.5. The molecule has 1 heterocycles. The van der Waals surface area contributed by atoms with E-state index in [4.69, 9.17) is 9.15 Å². The fourth-order valence-corrected chi connectivity index (χ4v) is 3.95. The van der Waals surface area contributed by atoms with Crippen molar-refractivity contribution in [1.29, 1.82) is 0 Å². The number of carbonyl (C=O) groups excluding carboxylic acids is 1. The lowest BCUT2D eigenvalue weighted by atomic mass is 10.1. The first kappa shape index (κ1) is 18.7. The maximum Gasteiger partial charge on any atom is 0.220 e. The van der Waals surface area contributed by atoms with E-state index in [2.05, 4.69) is 38.4 Å². The third-order valence-electron chi connectivity index (χ3n) is 5.01. The molecule has 1 aromatic heterocycles. The number of nitrogens with zero attached hydrogens (tertiary/aromatic N) is 1. The molecule has 5 nitrogen and oxygen atoms in total. The number of hydrogen-bond acceptors (Lipinski definition) is 4. The van der Waals surface area contributed by atoms with Gasteiger partial charge in [-0.25, -0.2) is 4.98 Å². The topological polar surface area (TPSA) is 64.4 Å². The Hall–Kier alpha value is -2.60. The summed E-state index contributed by atoms with van der Waals surface area (Å²) in [6.07, 6.45) is 4.45. The Bertz CT molecular complexity index is 982. The van der Waals surface area contributed by atoms with Crippen LogP contribution in [0.2, 0.25) is 0 Å². The molecule has 3 aromatic rings. The highest BCUT2D eigenvalue weighted by molar-refractivity contribution is 9.10. The monoisotopic (exact) mass is 440 g/mol. The number of methoxy groups -OCH3 is 1. The highest BCUT2D eigenvalue weighted by Crippen LogP contribution is 2.33. The Labute approximate surface area is 172 Å². The van der Waals surface area contributed by atoms with Gasteiger partial charge in [-0.15, -0.1) is 0 Å². The minimum Gasteiger partial charge on any atom is -0.497 e. The van der Waals surface area contributed by atoms with Crippen molar-refractivity contribution < 1.29 is 13.9 Å². The van der Waals surface area contributed by atoms with E-state index >= 15 is 0 Å². The summed E-state index contributed by atoms with van der Waals surface area (Å²) in [5.41, 5.74) is 3.45. The summed E-state index contributed by atoms with van der Waals surface area (Å²) in [6, 6.07) is 13.9. The van der Waals surface area contributed by atoms with Crippen LogP contribution in [0.4, 0.5) is 0 Å². The van der Waals surface area contributed by atoms with Crippen LogP contribution >= 0.6 is 15.9 Å². The number of fused-ring (bicyclic) bond motifs is 1. The van der Waals surface area contributed by atoms with Gasteiger partial charge < -0.3 is 14.5 Å².